The summed E-state index contributed by atoms with van der Waals surface area (Å²) < 4.78 is 0. The van der Waals surface area contributed by atoms with Crippen molar-refractivity contribution in [2.24, 2.45) is 11.1 Å². The summed E-state index contributed by atoms with van der Waals surface area (Å²) in [7, 11) is 0. The molecule has 1 fully saturated rings. The molecule has 1 rings (SSSR count). The summed E-state index contributed by atoms with van der Waals surface area (Å²) >= 11 is 0. The van der Waals surface area contributed by atoms with Gasteiger partial charge in [-0.1, -0.05) is 13.8 Å². The second kappa shape index (κ2) is 4.72. The average Bonchev–Trinajstić information content (AvgIpc) is 2.62. The second-order valence-electron chi connectivity index (χ2n) is 5.17. The molecule has 1 atom stereocenters. The zero-order valence-corrected chi connectivity index (χ0v) is 10.6. The van der Waals surface area contributed by atoms with Gasteiger partial charge in [0.2, 0.25) is 5.91 Å². The van der Waals surface area contributed by atoms with Crippen molar-refractivity contribution in [3.8, 4) is 0 Å². The number of aliphatic hydroxyl groups is 1. The summed E-state index contributed by atoms with van der Waals surface area (Å²) in [6, 6.07) is 0. The molecule has 0 spiro atoms. The maximum atomic E-state index is 12.4. The van der Waals surface area contributed by atoms with E-state index in [4.69, 9.17) is 5.73 Å². The maximum absolute atomic E-state index is 12.4. The molecular formula is C12H24N2O2. The van der Waals surface area contributed by atoms with Gasteiger partial charge in [-0.3, -0.25) is 4.79 Å². The van der Waals surface area contributed by atoms with Crippen LogP contribution >= 0.6 is 0 Å². The van der Waals surface area contributed by atoms with E-state index in [1.165, 1.54) is 0 Å². The molecule has 1 unspecified atom stereocenters. The third-order valence-electron chi connectivity index (χ3n) is 3.94. The molecule has 1 amide bonds. The summed E-state index contributed by atoms with van der Waals surface area (Å²) in [6.45, 7) is 7.26. The van der Waals surface area contributed by atoms with Crippen LogP contribution in [0.5, 0.6) is 0 Å². The van der Waals surface area contributed by atoms with Gasteiger partial charge in [-0.15, -0.1) is 0 Å². The van der Waals surface area contributed by atoms with Gasteiger partial charge >= 0.3 is 0 Å². The predicted molar refractivity (Wildman–Crippen MR) is 63.9 cm³/mol. The first-order valence-corrected chi connectivity index (χ1v) is 6.12. The Morgan fingerprint density at radius 3 is 2.38 bits per heavy atom. The van der Waals surface area contributed by atoms with Crippen molar-refractivity contribution in [1.29, 1.82) is 0 Å². The lowest BCUT2D eigenvalue weighted by Crippen LogP contribution is -2.47. The number of hydrogen-bond acceptors (Lipinski definition) is 3. The van der Waals surface area contributed by atoms with Crippen molar-refractivity contribution in [2.45, 2.75) is 45.6 Å². The number of amides is 1. The van der Waals surface area contributed by atoms with Crippen molar-refractivity contribution in [3.05, 3.63) is 0 Å². The van der Waals surface area contributed by atoms with Crippen LogP contribution in [0.3, 0.4) is 0 Å². The van der Waals surface area contributed by atoms with Crippen LogP contribution in [0.1, 0.15) is 40.0 Å². The zero-order valence-electron chi connectivity index (χ0n) is 10.6. The number of rotatable bonds is 4. The minimum atomic E-state index is -0.725. The number of β-amino-alcohol motifs (C(OH)–C–C–N with tert-alkyl or cyclic N) is 1. The normalized spacial score (nSPS) is 26.2. The van der Waals surface area contributed by atoms with Crippen LogP contribution < -0.4 is 5.73 Å². The molecule has 4 heteroatoms. The average molecular weight is 228 g/mol. The maximum Gasteiger partial charge on any atom is 0.230 e. The molecule has 3 N–H and O–H groups in total. The van der Waals surface area contributed by atoms with Crippen LogP contribution in [-0.4, -0.2) is 41.1 Å². The Morgan fingerprint density at radius 2 is 2.06 bits per heavy atom. The van der Waals surface area contributed by atoms with Crippen LogP contribution in [0.25, 0.3) is 0 Å². The minimum absolute atomic E-state index is 0.109. The first-order chi connectivity index (χ1) is 7.40. The smallest absolute Gasteiger partial charge is 0.230 e. The molecule has 0 aromatic heterocycles. The molecule has 0 aromatic carbocycles. The quantitative estimate of drug-likeness (QED) is 0.745. The van der Waals surface area contributed by atoms with E-state index in [9.17, 15) is 9.90 Å². The molecule has 16 heavy (non-hydrogen) atoms. The fraction of sp³-hybridized carbons (Fsp3) is 0.917. The fourth-order valence-corrected chi connectivity index (χ4v) is 2.38. The van der Waals surface area contributed by atoms with E-state index in [1.807, 2.05) is 13.8 Å². The molecular weight excluding hydrogens is 204 g/mol. The van der Waals surface area contributed by atoms with E-state index in [2.05, 4.69) is 0 Å². The highest BCUT2D eigenvalue weighted by atomic mass is 16.3. The van der Waals surface area contributed by atoms with E-state index in [0.29, 0.717) is 26.1 Å². The SMILES string of the molecule is CCC(CC)(CN)C(=O)N1CCC(C)(O)C1. The Bertz CT molecular complexity index is 251. The lowest BCUT2D eigenvalue weighted by Gasteiger charge is -2.33. The predicted octanol–water partition coefficient (Wildman–Crippen LogP) is 0.735. The van der Waals surface area contributed by atoms with Crippen LogP contribution in [0, 0.1) is 5.41 Å². The number of likely N-dealkylation sites (tertiary alicyclic amines) is 1. The van der Waals surface area contributed by atoms with Gasteiger partial charge < -0.3 is 15.7 Å². The monoisotopic (exact) mass is 228 g/mol. The highest BCUT2D eigenvalue weighted by molar-refractivity contribution is 5.83. The number of carbonyl (C=O) groups is 1. The van der Waals surface area contributed by atoms with Crippen LogP contribution in [0.2, 0.25) is 0 Å². The molecule has 0 saturated carbocycles. The highest BCUT2D eigenvalue weighted by Crippen LogP contribution is 2.31. The van der Waals surface area contributed by atoms with Gasteiger partial charge in [-0.2, -0.15) is 0 Å². The van der Waals surface area contributed by atoms with E-state index < -0.39 is 11.0 Å². The highest BCUT2D eigenvalue weighted by Gasteiger charge is 2.42. The molecule has 4 nitrogen and oxygen atoms in total. The van der Waals surface area contributed by atoms with Gasteiger partial charge in [-0.25, -0.2) is 0 Å². The Labute approximate surface area is 97.8 Å². The summed E-state index contributed by atoms with van der Waals surface area (Å²) in [5.41, 5.74) is 4.60. The van der Waals surface area contributed by atoms with Crippen molar-refractivity contribution in [3.63, 3.8) is 0 Å². The molecule has 0 aliphatic carbocycles. The van der Waals surface area contributed by atoms with Gasteiger partial charge in [0.15, 0.2) is 0 Å². The lowest BCUT2D eigenvalue weighted by molar-refractivity contribution is -0.142. The van der Waals surface area contributed by atoms with Crippen LogP contribution in [0.4, 0.5) is 0 Å². The molecule has 1 aliphatic rings. The molecule has 1 saturated heterocycles. The van der Waals surface area contributed by atoms with Gasteiger partial charge in [-0.05, 0) is 26.2 Å². The first-order valence-electron chi connectivity index (χ1n) is 6.12. The number of nitrogens with two attached hydrogens (primary N) is 1. The van der Waals surface area contributed by atoms with E-state index in [-0.39, 0.29) is 5.91 Å². The minimum Gasteiger partial charge on any atom is -0.388 e. The molecule has 1 aliphatic heterocycles. The molecule has 1 heterocycles. The first kappa shape index (κ1) is 13.5. The summed E-state index contributed by atoms with van der Waals surface area (Å²) in [4.78, 5) is 14.1. The fourth-order valence-electron chi connectivity index (χ4n) is 2.38. The molecule has 0 radical (unpaired) electrons. The number of nitrogens with zero attached hydrogens (tertiary/aromatic N) is 1. The molecule has 0 bridgehead atoms. The third kappa shape index (κ3) is 2.38. The van der Waals surface area contributed by atoms with Gasteiger partial charge in [0.25, 0.3) is 0 Å². The van der Waals surface area contributed by atoms with E-state index >= 15 is 0 Å². The van der Waals surface area contributed by atoms with Crippen LogP contribution in [0.15, 0.2) is 0 Å². The van der Waals surface area contributed by atoms with Gasteiger partial charge in [0.1, 0.15) is 0 Å². The topological polar surface area (TPSA) is 66.6 Å². The van der Waals surface area contributed by atoms with Gasteiger partial charge in [0, 0.05) is 19.6 Å². The summed E-state index contributed by atoms with van der Waals surface area (Å²) in [5.74, 6) is 0.109. The Morgan fingerprint density at radius 1 is 1.50 bits per heavy atom. The van der Waals surface area contributed by atoms with Crippen molar-refractivity contribution >= 4 is 5.91 Å². The van der Waals surface area contributed by atoms with Crippen molar-refractivity contribution < 1.29 is 9.90 Å². The Balaban J connectivity index is 2.77. The second-order valence-corrected chi connectivity index (χ2v) is 5.17. The van der Waals surface area contributed by atoms with Crippen molar-refractivity contribution in [1.82, 2.24) is 4.90 Å². The molecule has 94 valence electrons. The van der Waals surface area contributed by atoms with E-state index in [0.717, 1.165) is 12.8 Å². The number of hydrogen-bond donors (Lipinski definition) is 2. The Hall–Kier alpha value is -0.610. The van der Waals surface area contributed by atoms with Crippen LogP contribution in [-0.2, 0) is 4.79 Å². The third-order valence-corrected chi connectivity index (χ3v) is 3.94. The van der Waals surface area contributed by atoms with Gasteiger partial charge in [0.05, 0.1) is 11.0 Å². The molecule has 0 aromatic rings. The zero-order chi connectivity index (χ0) is 12.4. The lowest BCUT2D eigenvalue weighted by atomic mass is 9.81. The van der Waals surface area contributed by atoms with Crippen molar-refractivity contribution in [2.75, 3.05) is 19.6 Å². The summed E-state index contributed by atoms with van der Waals surface area (Å²) in [6.07, 6.45) is 2.18. The standard InChI is InChI=1S/C12H24N2O2/c1-4-12(5-2,8-13)10(15)14-7-6-11(3,16)9-14/h16H,4-9,13H2,1-3H3. The Kier molecular flexibility index (Phi) is 3.97. The van der Waals surface area contributed by atoms with E-state index in [1.54, 1.807) is 11.8 Å². The largest absolute Gasteiger partial charge is 0.388 e. The summed E-state index contributed by atoms with van der Waals surface area (Å²) in [5, 5.41) is 9.87. The number of carbonyl (C=O) groups excluding carboxylic acids is 1.